The van der Waals surface area contributed by atoms with Crippen molar-refractivity contribution >= 4 is 15.7 Å². The molecule has 0 saturated heterocycles. The molecule has 1 N–H and O–H groups in total. The predicted octanol–water partition coefficient (Wildman–Crippen LogP) is 3.55. The molecule has 0 aliphatic heterocycles. The van der Waals surface area contributed by atoms with Gasteiger partial charge in [-0.1, -0.05) is 18.2 Å². The number of hydrogen-bond acceptors (Lipinski definition) is 6. The molecule has 0 amide bonds. The number of aryl methyl sites for hydroxylation is 1. The Balaban J connectivity index is 2.12. The van der Waals surface area contributed by atoms with Crippen molar-refractivity contribution in [2.24, 2.45) is 7.05 Å². The first kappa shape index (κ1) is 23.1. The van der Waals surface area contributed by atoms with E-state index < -0.39 is 27.5 Å². The Hall–Kier alpha value is -3.54. The van der Waals surface area contributed by atoms with Crippen molar-refractivity contribution in [2.75, 3.05) is 17.6 Å². The molecule has 0 aliphatic carbocycles. The number of rotatable bonds is 7. The molecule has 0 unspecified atom stereocenters. The fourth-order valence-electron chi connectivity index (χ4n) is 2.78. The Morgan fingerprint density at radius 1 is 1.06 bits per heavy atom. The van der Waals surface area contributed by atoms with Gasteiger partial charge in [-0.2, -0.15) is 18.3 Å². The lowest BCUT2D eigenvalue weighted by molar-refractivity contribution is -0.106. The van der Waals surface area contributed by atoms with E-state index in [1.165, 1.54) is 38.4 Å². The van der Waals surface area contributed by atoms with Gasteiger partial charge in [0.25, 0.3) is 5.56 Å². The number of para-hydroxylation sites is 1. The summed E-state index contributed by atoms with van der Waals surface area (Å²) in [7, 11) is -2.00. The number of benzene rings is 2. The van der Waals surface area contributed by atoms with Crippen LogP contribution in [-0.4, -0.2) is 37.2 Å². The molecule has 0 aliphatic rings. The fourth-order valence-corrected chi connectivity index (χ4v) is 3.77. The first-order chi connectivity index (χ1) is 15.0. The molecule has 0 saturated carbocycles. The number of hydrogen-bond donors (Lipinski definition) is 1. The maximum absolute atomic E-state index is 12.6. The number of aromatic nitrogens is 2. The van der Waals surface area contributed by atoms with Gasteiger partial charge in [0.15, 0.2) is 11.5 Å². The lowest BCUT2D eigenvalue weighted by Gasteiger charge is -2.16. The highest BCUT2D eigenvalue weighted by Crippen LogP contribution is 2.38. The van der Waals surface area contributed by atoms with E-state index >= 15 is 0 Å². The van der Waals surface area contributed by atoms with Crippen molar-refractivity contribution in [3.63, 3.8) is 0 Å². The van der Waals surface area contributed by atoms with Crippen LogP contribution in [0.5, 0.6) is 17.2 Å². The summed E-state index contributed by atoms with van der Waals surface area (Å²) in [5.74, 6) is -1.32. The molecule has 170 valence electrons. The smallest absolute Gasteiger partial charge is 0.404 e. The van der Waals surface area contributed by atoms with Gasteiger partial charge in [0.05, 0.1) is 12.7 Å². The van der Waals surface area contributed by atoms with E-state index in [-0.39, 0.29) is 28.4 Å². The van der Waals surface area contributed by atoms with E-state index in [0.717, 1.165) is 4.68 Å². The second-order valence-corrected chi connectivity index (χ2v) is 8.35. The third kappa shape index (κ3) is 5.78. The standard InChI is InChI=1S/C20H18F3N3O5S/c1-26-18(27)11-17(30-2)19(24-26)15-10-13(25-32(28,29)12-20(21,22)23)8-9-16(15)31-14-6-4-3-5-7-14/h3-11,25H,12H2,1-2H3. The van der Waals surface area contributed by atoms with Crippen LogP contribution in [0, 0.1) is 0 Å². The van der Waals surface area contributed by atoms with Crippen LogP contribution in [0.1, 0.15) is 0 Å². The molecule has 32 heavy (non-hydrogen) atoms. The van der Waals surface area contributed by atoms with Crippen molar-refractivity contribution in [1.29, 1.82) is 0 Å². The van der Waals surface area contributed by atoms with E-state index in [0.29, 0.717) is 5.75 Å². The van der Waals surface area contributed by atoms with Gasteiger partial charge >= 0.3 is 6.18 Å². The molecular weight excluding hydrogens is 451 g/mol. The maximum atomic E-state index is 12.6. The zero-order valence-electron chi connectivity index (χ0n) is 16.9. The Morgan fingerprint density at radius 2 is 1.75 bits per heavy atom. The first-order valence-corrected chi connectivity index (χ1v) is 10.7. The molecule has 0 radical (unpaired) electrons. The summed E-state index contributed by atoms with van der Waals surface area (Å²) in [6.45, 7) is 0. The van der Waals surface area contributed by atoms with Gasteiger partial charge in [0, 0.05) is 18.8 Å². The van der Waals surface area contributed by atoms with E-state index in [2.05, 4.69) is 5.10 Å². The van der Waals surface area contributed by atoms with Gasteiger partial charge < -0.3 is 9.47 Å². The van der Waals surface area contributed by atoms with Crippen LogP contribution in [0.3, 0.4) is 0 Å². The highest BCUT2D eigenvalue weighted by molar-refractivity contribution is 7.92. The molecule has 0 spiro atoms. The van der Waals surface area contributed by atoms with E-state index in [4.69, 9.17) is 9.47 Å². The van der Waals surface area contributed by atoms with E-state index in [1.807, 2.05) is 4.72 Å². The predicted molar refractivity (Wildman–Crippen MR) is 111 cm³/mol. The summed E-state index contributed by atoms with van der Waals surface area (Å²) < 4.78 is 75.6. The number of ether oxygens (including phenoxy) is 2. The minimum atomic E-state index is -4.91. The molecule has 1 heterocycles. The molecule has 8 nitrogen and oxygen atoms in total. The van der Waals surface area contributed by atoms with E-state index in [1.54, 1.807) is 30.3 Å². The summed E-state index contributed by atoms with van der Waals surface area (Å²) in [6, 6.07) is 13.7. The quantitative estimate of drug-likeness (QED) is 0.568. The second-order valence-electron chi connectivity index (χ2n) is 6.63. The van der Waals surface area contributed by atoms with E-state index in [9.17, 15) is 26.4 Å². The topological polar surface area (TPSA) is 99.5 Å². The van der Waals surface area contributed by atoms with Gasteiger partial charge in [-0.25, -0.2) is 13.1 Å². The highest BCUT2D eigenvalue weighted by Gasteiger charge is 2.35. The number of methoxy groups -OCH3 is 1. The number of nitrogens with one attached hydrogen (secondary N) is 1. The van der Waals surface area contributed by atoms with Crippen molar-refractivity contribution in [3.8, 4) is 28.5 Å². The van der Waals surface area contributed by atoms with Crippen LogP contribution >= 0.6 is 0 Å². The number of alkyl halides is 3. The summed E-state index contributed by atoms with van der Waals surface area (Å²) in [5, 5.41) is 4.15. The molecule has 0 atom stereocenters. The second kappa shape index (κ2) is 8.91. The van der Waals surface area contributed by atoms with Crippen LogP contribution in [0.25, 0.3) is 11.3 Å². The lowest BCUT2D eigenvalue weighted by atomic mass is 10.1. The zero-order valence-corrected chi connectivity index (χ0v) is 17.7. The normalized spacial score (nSPS) is 11.8. The van der Waals surface area contributed by atoms with Crippen molar-refractivity contribution in [1.82, 2.24) is 9.78 Å². The third-order valence-corrected chi connectivity index (χ3v) is 5.36. The summed E-state index contributed by atoms with van der Waals surface area (Å²) in [4.78, 5) is 11.9. The Morgan fingerprint density at radius 3 is 2.38 bits per heavy atom. The largest absolute Gasteiger partial charge is 0.494 e. The van der Waals surface area contributed by atoms with Gasteiger partial charge in [-0.15, -0.1) is 0 Å². The highest BCUT2D eigenvalue weighted by atomic mass is 32.2. The molecule has 2 aromatic carbocycles. The Kier molecular flexibility index (Phi) is 6.44. The summed E-state index contributed by atoms with van der Waals surface area (Å²) in [5.41, 5.74) is -0.300. The van der Waals surface area contributed by atoms with Gasteiger partial charge in [0.2, 0.25) is 10.0 Å². The van der Waals surface area contributed by atoms with Crippen molar-refractivity contribution < 1.29 is 31.1 Å². The minimum Gasteiger partial charge on any atom is -0.494 e. The van der Waals surface area contributed by atoms with Crippen LogP contribution in [0.15, 0.2) is 59.4 Å². The molecule has 3 aromatic rings. The van der Waals surface area contributed by atoms with Gasteiger partial charge in [0.1, 0.15) is 17.2 Å². The fraction of sp³-hybridized carbons (Fsp3) is 0.200. The molecular formula is C20H18F3N3O5S. The average Bonchev–Trinajstić information content (AvgIpc) is 2.69. The third-order valence-electron chi connectivity index (χ3n) is 4.11. The first-order valence-electron chi connectivity index (χ1n) is 9.04. The lowest BCUT2D eigenvalue weighted by Crippen LogP contribution is -2.27. The summed E-state index contributed by atoms with van der Waals surface area (Å²) >= 11 is 0. The molecule has 12 heteroatoms. The van der Waals surface area contributed by atoms with Crippen molar-refractivity contribution in [3.05, 3.63) is 65.0 Å². The van der Waals surface area contributed by atoms with Crippen LogP contribution in [0.2, 0.25) is 0 Å². The molecule has 0 bridgehead atoms. The molecule has 0 fully saturated rings. The molecule has 3 rings (SSSR count). The van der Waals surface area contributed by atoms with Gasteiger partial charge in [-0.3, -0.25) is 9.52 Å². The number of halogens is 3. The van der Waals surface area contributed by atoms with Crippen molar-refractivity contribution in [2.45, 2.75) is 6.18 Å². The maximum Gasteiger partial charge on any atom is 0.404 e. The Bertz CT molecular complexity index is 1280. The minimum absolute atomic E-state index is 0.0707. The number of anilines is 1. The monoisotopic (exact) mass is 469 g/mol. The zero-order chi connectivity index (χ0) is 23.5. The van der Waals surface area contributed by atoms with Crippen LogP contribution in [-0.2, 0) is 17.1 Å². The summed E-state index contributed by atoms with van der Waals surface area (Å²) in [6.07, 6.45) is -4.91. The average molecular weight is 469 g/mol. The molecule has 1 aromatic heterocycles. The SMILES string of the molecule is COc1cc(=O)n(C)nc1-c1cc(NS(=O)(=O)CC(F)(F)F)ccc1Oc1ccccc1. The van der Waals surface area contributed by atoms with Crippen LogP contribution in [0.4, 0.5) is 18.9 Å². The number of sulfonamides is 1. The number of nitrogens with zero attached hydrogens (tertiary/aromatic N) is 2. The van der Waals surface area contributed by atoms with Crippen LogP contribution < -0.4 is 19.8 Å². The Labute approximate surface area is 181 Å². The van der Waals surface area contributed by atoms with Gasteiger partial charge in [-0.05, 0) is 30.3 Å².